The Balaban J connectivity index is 1.48. The van der Waals surface area contributed by atoms with Crippen LogP contribution in [0.4, 0.5) is 0 Å². The van der Waals surface area contributed by atoms with Gasteiger partial charge in [-0.25, -0.2) is 16.8 Å². The fraction of sp³-hybridized carbons (Fsp3) is 0.467. The lowest BCUT2D eigenvalue weighted by Gasteiger charge is -2.28. The number of rotatable bonds is 10. The zero-order valence-corrected chi connectivity index (χ0v) is 26.1. The van der Waals surface area contributed by atoms with E-state index in [1.54, 1.807) is 13.8 Å². The normalized spacial score (nSPS) is 18.9. The Kier molecular flexibility index (Phi) is 8.57. The van der Waals surface area contributed by atoms with Crippen molar-refractivity contribution < 1.29 is 45.5 Å². The van der Waals surface area contributed by atoms with Crippen molar-refractivity contribution in [3.05, 3.63) is 58.7 Å². The number of hydrogen-bond donors (Lipinski definition) is 2. The number of carbonyl (C=O) groups excluding carboxylic acids is 4. The van der Waals surface area contributed by atoms with Crippen molar-refractivity contribution in [3.8, 4) is 0 Å². The molecule has 0 aromatic heterocycles. The molecule has 44 heavy (non-hydrogen) atoms. The smallest absolute Gasteiger partial charge is 0.327 e. The minimum atomic E-state index is -4.35. The van der Waals surface area contributed by atoms with Gasteiger partial charge in [0.25, 0.3) is 0 Å². The van der Waals surface area contributed by atoms with Gasteiger partial charge in [0, 0.05) is 22.3 Å². The van der Waals surface area contributed by atoms with E-state index in [9.17, 15) is 36.0 Å². The highest BCUT2D eigenvalue weighted by Crippen LogP contribution is 2.36. The molecule has 3 aliphatic carbocycles. The summed E-state index contributed by atoms with van der Waals surface area (Å²) in [5.41, 5.74) is -3.39. The molecule has 3 aliphatic rings. The van der Waals surface area contributed by atoms with Crippen molar-refractivity contribution in [3.63, 3.8) is 0 Å². The molecule has 2 N–H and O–H groups in total. The van der Waals surface area contributed by atoms with E-state index in [2.05, 4.69) is 9.44 Å². The van der Waals surface area contributed by atoms with Gasteiger partial charge in [-0.3, -0.25) is 19.2 Å². The van der Waals surface area contributed by atoms with E-state index in [4.69, 9.17) is 9.47 Å². The summed E-state index contributed by atoms with van der Waals surface area (Å²) in [6, 6.07) is 6.95. The largest absolute Gasteiger partial charge is 0.465 e. The Morgan fingerprint density at radius 3 is 1.32 bits per heavy atom. The topological polar surface area (TPSA) is 179 Å². The van der Waals surface area contributed by atoms with Crippen molar-refractivity contribution in [2.45, 2.75) is 86.1 Å². The molecular formula is C30H34N2O10S2. The molecule has 14 heteroatoms. The van der Waals surface area contributed by atoms with Crippen molar-refractivity contribution in [2.75, 3.05) is 13.2 Å². The third kappa shape index (κ3) is 5.59. The Morgan fingerprint density at radius 2 is 0.977 bits per heavy atom. The van der Waals surface area contributed by atoms with Crippen molar-refractivity contribution >= 4 is 43.6 Å². The van der Waals surface area contributed by atoms with Crippen molar-refractivity contribution in [2.24, 2.45) is 0 Å². The second-order valence-corrected chi connectivity index (χ2v) is 14.7. The first-order valence-electron chi connectivity index (χ1n) is 14.6. The number of benzene rings is 2. The van der Waals surface area contributed by atoms with E-state index in [0.717, 1.165) is 12.1 Å². The highest BCUT2D eigenvalue weighted by molar-refractivity contribution is 7.89. The van der Waals surface area contributed by atoms with Gasteiger partial charge in [0.05, 0.1) is 23.0 Å². The molecule has 2 aromatic carbocycles. The van der Waals surface area contributed by atoms with Gasteiger partial charge in [0.1, 0.15) is 11.1 Å². The lowest BCUT2D eigenvalue weighted by molar-refractivity contribution is -0.150. The average molecular weight is 647 g/mol. The Morgan fingerprint density at radius 1 is 0.636 bits per heavy atom. The van der Waals surface area contributed by atoms with Gasteiger partial charge in [0.15, 0.2) is 11.6 Å². The van der Waals surface area contributed by atoms with Crippen LogP contribution >= 0.6 is 0 Å². The molecule has 2 saturated carbocycles. The molecule has 0 aliphatic heterocycles. The maximum atomic E-state index is 13.7. The highest BCUT2D eigenvalue weighted by atomic mass is 32.2. The summed E-state index contributed by atoms with van der Waals surface area (Å²) in [4.78, 5) is 51.8. The van der Waals surface area contributed by atoms with Crippen LogP contribution in [0, 0.1) is 0 Å². The summed E-state index contributed by atoms with van der Waals surface area (Å²) >= 11 is 0. The molecule has 2 fully saturated rings. The predicted molar refractivity (Wildman–Crippen MR) is 156 cm³/mol. The van der Waals surface area contributed by atoms with Gasteiger partial charge in [-0.1, -0.05) is 25.7 Å². The minimum absolute atomic E-state index is 0.0385. The van der Waals surface area contributed by atoms with Gasteiger partial charge in [-0.15, -0.1) is 0 Å². The lowest BCUT2D eigenvalue weighted by atomic mass is 9.84. The maximum absolute atomic E-state index is 13.7. The molecular weight excluding hydrogens is 612 g/mol. The quantitative estimate of drug-likeness (QED) is 0.311. The molecule has 0 amide bonds. The first-order valence-corrected chi connectivity index (χ1v) is 17.6. The lowest BCUT2D eigenvalue weighted by Crippen LogP contribution is -2.53. The number of ether oxygens (including phenoxy) is 2. The Labute approximate surface area is 256 Å². The van der Waals surface area contributed by atoms with Gasteiger partial charge in [0.2, 0.25) is 20.0 Å². The van der Waals surface area contributed by atoms with Crippen LogP contribution in [0.25, 0.3) is 0 Å². The molecule has 5 rings (SSSR count). The van der Waals surface area contributed by atoms with Crippen LogP contribution in [-0.4, -0.2) is 64.6 Å². The minimum Gasteiger partial charge on any atom is -0.465 e. The first kappa shape index (κ1) is 31.9. The number of esters is 2. The van der Waals surface area contributed by atoms with Gasteiger partial charge in [-0.05, 0) is 75.9 Å². The van der Waals surface area contributed by atoms with Crippen LogP contribution in [0.2, 0.25) is 0 Å². The van der Waals surface area contributed by atoms with E-state index in [1.807, 2.05) is 0 Å². The van der Waals surface area contributed by atoms with Crippen molar-refractivity contribution in [1.82, 2.24) is 9.44 Å². The number of fused-ring (bicyclic) bond motifs is 2. The van der Waals surface area contributed by atoms with Crippen molar-refractivity contribution in [1.29, 1.82) is 0 Å². The fourth-order valence-electron chi connectivity index (χ4n) is 6.27. The highest BCUT2D eigenvalue weighted by Gasteiger charge is 2.47. The van der Waals surface area contributed by atoms with E-state index in [-0.39, 0.29) is 70.9 Å². The predicted octanol–water partition coefficient (Wildman–Crippen LogP) is 2.77. The summed E-state index contributed by atoms with van der Waals surface area (Å²) < 4.78 is 69.1. The molecule has 0 atom stereocenters. The number of ketones is 2. The zero-order chi connectivity index (χ0) is 31.9. The summed E-state index contributed by atoms with van der Waals surface area (Å²) in [6.45, 7) is 3.40. The van der Waals surface area contributed by atoms with Crippen LogP contribution < -0.4 is 9.44 Å². The molecule has 236 valence electrons. The van der Waals surface area contributed by atoms with Gasteiger partial charge >= 0.3 is 11.9 Å². The third-order valence-electron chi connectivity index (χ3n) is 8.49. The Hall–Kier alpha value is -3.46. The monoisotopic (exact) mass is 646 g/mol. The SMILES string of the molecule is CCOC(=O)C1(NS(=O)(=O)c2ccc3c(c2)C(=O)c2cc(S(=O)(=O)NC4(C(=O)OCC)CCCC4)ccc2C3=O)CCCC1. The number of hydrogen-bond acceptors (Lipinski definition) is 10. The van der Waals surface area contributed by atoms with Crippen LogP contribution in [0.5, 0.6) is 0 Å². The van der Waals surface area contributed by atoms with E-state index < -0.39 is 54.6 Å². The molecule has 0 saturated heterocycles. The van der Waals surface area contributed by atoms with E-state index in [0.29, 0.717) is 25.7 Å². The molecule has 0 spiro atoms. The average Bonchev–Trinajstić information content (AvgIpc) is 3.66. The van der Waals surface area contributed by atoms with E-state index in [1.165, 1.54) is 24.3 Å². The Bertz CT molecular complexity index is 1630. The first-order chi connectivity index (χ1) is 20.8. The number of sulfonamides is 2. The van der Waals surface area contributed by atoms with Crippen LogP contribution in [-0.2, 0) is 39.1 Å². The fourth-order valence-corrected chi connectivity index (χ4v) is 9.15. The molecule has 0 radical (unpaired) electrons. The van der Waals surface area contributed by atoms with Gasteiger partial charge < -0.3 is 9.47 Å². The number of carbonyl (C=O) groups is 4. The van der Waals surface area contributed by atoms with Crippen LogP contribution in [0.15, 0.2) is 46.2 Å². The summed E-state index contributed by atoms with van der Waals surface area (Å²) in [5.74, 6) is -2.68. The zero-order valence-electron chi connectivity index (χ0n) is 24.4. The standard InChI is InChI=1S/C30H34N2O10S2/c1-3-41-27(35)29(13-5-6-14-29)31-43(37,38)19-9-11-21-23(17-19)26(34)24-18-20(10-12-22(24)25(21)33)44(39,40)32-30(15-7-8-16-30)28(36)42-4-2/h9-12,17-18,31-32H,3-8,13-16H2,1-2H3. The molecule has 0 heterocycles. The number of nitrogens with one attached hydrogen (secondary N) is 2. The van der Waals surface area contributed by atoms with E-state index >= 15 is 0 Å². The molecule has 0 unspecified atom stereocenters. The summed E-state index contributed by atoms with van der Waals surface area (Å²) in [5, 5.41) is 0. The third-order valence-corrected chi connectivity index (χ3v) is 11.6. The van der Waals surface area contributed by atoms with Crippen LogP contribution in [0.3, 0.4) is 0 Å². The van der Waals surface area contributed by atoms with Crippen LogP contribution in [0.1, 0.15) is 97.1 Å². The summed E-state index contributed by atoms with van der Waals surface area (Å²) in [7, 11) is -8.69. The molecule has 2 aromatic rings. The maximum Gasteiger partial charge on any atom is 0.327 e. The second-order valence-electron chi connectivity index (χ2n) is 11.3. The summed E-state index contributed by atoms with van der Waals surface area (Å²) in [6.07, 6.45) is 3.50. The molecule has 12 nitrogen and oxygen atoms in total. The molecule has 0 bridgehead atoms. The van der Waals surface area contributed by atoms with Gasteiger partial charge in [-0.2, -0.15) is 9.44 Å². The second kappa shape index (κ2) is 11.8.